The van der Waals surface area contributed by atoms with Crippen molar-refractivity contribution in [1.29, 1.82) is 0 Å². The average Bonchev–Trinajstić information content (AvgIpc) is 2.66. The van der Waals surface area contributed by atoms with Gasteiger partial charge in [-0.3, -0.25) is 14.4 Å². The van der Waals surface area contributed by atoms with Crippen LogP contribution in [0.3, 0.4) is 0 Å². The molecule has 0 saturated carbocycles. The molecule has 1 unspecified atom stereocenters. The summed E-state index contributed by atoms with van der Waals surface area (Å²) in [5.74, 6) is -2.65. The monoisotopic (exact) mass is 457 g/mol. The summed E-state index contributed by atoms with van der Waals surface area (Å²) < 4.78 is 14.2. The zero-order valence-electron chi connectivity index (χ0n) is 14.8. The number of carbonyl (C=O) groups is 3. The van der Waals surface area contributed by atoms with Crippen LogP contribution in [0.2, 0.25) is 15.1 Å². The Kier molecular flexibility index (Phi) is 6.62. The fourth-order valence-electron chi connectivity index (χ4n) is 2.98. The highest BCUT2D eigenvalue weighted by Gasteiger charge is 2.36. The van der Waals surface area contributed by atoms with Crippen molar-refractivity contribution >= 4 is 58.2 Å². The molecule has 1 fully saturated rings. The molecular weight excluding hydrogens is 444 g/mol. The van der Waals surface area contributed by atoms with E-state index in [0.717, 1.165) is 11.0 Å². The van der Waals surface area contributed by atoms with Crippen molar-refractivity contribution in [3.63, 3.8) is 0 Å². The average molecular weight is 459 g/mol. The predicted molar refractivity (Wildman–Crippen MR) is 109 cm³/mol. The lowest BCUT2D eigenvalue weighted by Crippen LogP contribution is -2.58. The maximum Gasteiger partial charge on any atom is 0.259 e. The molecule has 2 aromatic carbocycles. The Morgan fingerprint density at radius 3 is 2.66 bits per heavy atom. The lowest BCUT2D eigenvalue weighted by Gasteiger charge is -2.35. The van der Waals surface area contributed by atoms with Crippen molar-refractivity contribution < 1.29 is 18.8 Å². The molecule has 3 amide bonds. The molecule has 2 N–H and O–H groups in total. The van der Waals surface area contributed by atoms with E-state index in [1.165, 1.54) is 24.3 Å². The maximum absolute atomic E-state index is 14.2. The van der Waals surface area contributed by atoms with Crippen LogP contribution in [0, 0.1) is 5.82 Å². The number of halogens is 4. The third-order valence-electron chi connectivity index (χ3n) is 4.35. The van der Waals surface area contributed by atoms with Gasteiger partial charge in [0.1, 0.15) is 11.9 Å². The summed E-state index contributed by atoms with van der Waals surface area (Å²) in [5, 5.41) is 5.73. The van der Waals surface area contributed by atoms with E-state index in [1.54, 1.807) is 6.07 Å². The number of anilines is 1. The number of nitrogens with one attached hydrogen (secondary N) is 2. The second-order valence-electron chi connectivity index (χ2n) is 6.28. The van der Waals surface area contributed by atoms with Crippen LogP contribution >= 0.6 is 34.8 Å². The molecule has 152 valence electrons. The van der Waals surface area contributed by atoms with E-state index in [0.29, 0.717) is 5.02 Å². The second-order valence-corrected chi connectivity index (χ2v) is 7.53. The van der Waals surface area contributed by atoms with Gasteiger partial charge >= 0.3 is 0 Å². The minimum Gasteiger partial charge on any atom is -0.353 e. The molecule has 6 nitrogen and oxygen atoms in total. The molecule has 0 radical (unpaired) electrons. The molecule has 0 aliphatic carbocycles. The summed E-state index contributed by atoms with van der Waals surface area (Å²) in [6.07, 6.45) is -0.355. The summed E-state index contributed by atoms with van der Waals surface area (Å²) in [4.78, 5) is 38.9. The molecule has 1 saturated heterocycles. The lowest BCUT2D eigenvalue weighted by molar-refractivity contribution is -0.131. The van der Waals surface area contributed by atoms with Crippen LogP contribution in [-0.4, -0.2) is 41.8 Å². The molecule has 1 heterocycles. The van der Waals surface area contributed by atoms with Crippen LogP contribution in [0.5, 0.6) is 0 Å². The highest BCUT2D eigenvalue weighted by Crippen LogP contribution is 2.27. The van der Waals surface area contributed by atoms with Gasteiger partial charge in [-0.1, -0.05) is 40.9 Å². The molecule has 1 aliphatic rings. The first-order valence-corrected chi connectivity index (χ1v) is 9.69. The predicted octanol–water partition coefficient (Wildman–Crippen LogP) is 3.76. The zero-order chi connectivity index (χ0) is 21.1. The van der Waals surface area contributed by atoms with Gasteiger partial charge in [0, 0.05) is 18.1 Å². The summed E-state index contributed by atoms with van der Waals surface area (Å²) in [7, 11) is 0. The number of benzene rings is 2. The molecule has 29 heavy (non-hydrogen) atoms. The number of amides is 3. The Balaban J connectivity index is 1.81. The molecule has 0 bridgehead atoms. The van der Waals surface area contributed by atoms with Crippen molar-refractivity contribution in [3.05, 3.63) is 62.8 Å². The number of nitrogens with zero attached hydrogens (tertiary/aromatic N) is 1. The van der Waals surface area contributed by atoms with E-state index in [1.807, 2.05) is 0 Å². The molecule has 1 aliphatic heterocycles. The number of hydrogen-bond acceptors (Lipinski definition) is 3. The maximum atomic E-state index is 14.2. The van der Waals surface area contributed by atoms with Crippen LogP contribution < -0.4 is 10.6 Å². The minimum absolute atomic E-state index is 0.0742. The Morgan fingerprint density at radius 2 is 1.93 bits per heavy atom. The molecule has 3 rings (SSSR count). The first-order valence-electron chi connectivity index (χ1n) is 8.55. The van der Waals surface area contributed by atoms with Gasteiger partial charge in [0.05, 0.1) is 27.7 Å². The summed E-state index contributed by atoms with van der Waals surface area (Å²) in [6.45, 7) is 0.278. The smallest absolute Gasteiger partial charge is 0.259 e. The summed E-state index contributed by atoms with van der Waals surface area (Å²) >= 11 is 17.9. The van der Waals surface area contributed by atoms with Crippen molar-refractivity contribution in [2.45, 2.75) is 12.5 Å². The van der Waals surface area contributed by atoms with E-state index in [9.17, 15) is 18.8 Å². The Morgan fingerprint density at radius 1 is 1.17 bits per heavy atom. The highest BCUT2D eigenvalue weighted by molar-refractivity contribution is 6.35. The van der Waals surface area contributed by atoms with Gasteiger partial charge in [0.25, 0.3) is 5.91 Å². The fourth-order valence-corrected chi connectivity index (χ4v) is 3.56. The minimum atomic E-state index is -1.13. The van der Waals surface area contributed by atoms with Crippen LogP contribution in [0.25, 0.3) is 0 Å². The Hall–Kier alpha value is -2.35. The molecule has 0 spiro atoms. The quantitative estimate of drug-likeness (QED) is 0.732. The van der Waals surface area contributed by atoms with Gasteiger partial charge in [-0.15, -0.1) is 0 Å². The van der Waals surface area contributed by atoms with Crippen LogP contribution in [0.4, 0.5) is 10.1 Å². The van der Waals surface area contributed by atoms with E-state index in [2.05, 4.69) is 10.6 Å². The van der Waals surface area contributed by atoms with Gasteiger partial charge in [-0.25, -0.2) is 4.39 Å². The third-order valence-corrected chi connectivity index (χ3v) is 5.23. The zero-order valence-corrected chi connectivity index (χ0v) is 17.1. The van der Waals surface area contributed by atoms with E-state index in [-0.39, 0.29) is 40.8 Å². The summed E-state index contributed by atoms with van der Waals surface area (Å²) in [6, 6.07) is 7.26. The van der Waals surface area contributed by atoms with Gasteiger partial charge < -0.3 is 15.5 Å². The van der Waals surface area contributed by atoms with Crippen LogP contribution in [0.15, 0.2) is 36.4 Å². The summed E-state index contributed by atoms with van der Waals surface area (Å²) in [5.41, 5.74) is -0.0671. The number of rotatable bonds is 4. The molecule has 2 aromatic rings. The number of carbonyl (C=O) groups excluding carboxylic acids is 3. The van der Waals surface area contributed by atoms with Crippen LogP contribution in [-0.2, 0) is 9.59 Å². The van der Waals surface area contributed by atoms with Gasteiger partial charge in [-0.2, -0.15) is 0 Å². The topological polar surface area (TPSA) is 78.5 Å². The Bertz CT molecular complexity index is 966. The number of hydrogen-bond donors (Lipinski definition) is 2. The van der Waals surface area contributed by atoms with Crippen molar-refractivity contribution in [2.75, 3.05) is 18.4 Å². The Labute approximate surface area is 180 Å². The number of piperazine rings is 1. The molecular formula is C19H15Cl3FN3O3. The lowest BCUT2D eigenvalue weighted by atomic mass is 10.1. The fraction of sp³-hybridized carbons (Fsp3) is 0.211. The van der Waals surface area contributed by atoms with E-state index >= 15 is 0 Å². The largest absolute Gasteiger partial charge is 0.353 e. The molecule has 0 aromatic heterocycles. The molecule has 1 atom stereocenters. The highest BCUT2D eigenvalue weighted by atomic mass is 35.5. The van der Waals surface area contributed by atoms with Crippen molar-refractivity contribution in [2.24, 2.45) is 0 Å². The first-order chi connectivity index (χ1) is 13.8. The van der Waals surface area contributed by atoms with Gasteiger partial charge in [-0.05, 0) is 30.3 Å². The first kappa shape index (κ1) is 21.4. The van der Waals surface area contributed by atoms with E-state index in [4.69, 9.17) is 34.8 Å². The van der Waals surface area contributed by atoms with Gasteiger partial charge in [0.2, 0.25) is 11.8 Å². The third kappa shape index (κ3) is 4.80. The normalized spacial score (nSPS) is 16.3. The second kappa shape index (κ2) is 8.98. The molecule has 10 heteroatoms. The SMILES string of the molecule is O=C(CC1C(=O)NCCN1C(=O)c1c(F)cccc1Cl)Nc1cc(Cl)ccc1Cl. The van der Waals surface area contributed by atoms with Crippen molar-refractivity contribution in [1.82, 2.24) is 10.2 Å². The van der Waals surface area contributed by atoms with Gasteiger partial charge in [0.15, 0.2) is 0 Å². The van der Waals surface area contributed by atoms with E-state index < -0.39 is 29.6 Å². The van der Waals surface area contributed by atoms with Crippen molar-refractivity contribution in [3.8, 4) is 0 Å². The standard InChI is InChI=1S/C19H15Cl3FN3O3/c20-10-4-5-11(21)14(8-10)25-16(27)9-15-18(28)24-6-7-26(15)19(29)17-12(22)2-1-3-13(17)23/h1-5,8,15H,6-7,9H2,(H,24,28)(H,25,27). The van der Waals surface area contributed by atoms with Crippen LogP contribution in [0.1, 0.15) is 16.8 Å².